The molecule has 102 valence electrons. The number of hydrogen-bond acceptors (Lipinski definition) is 4. The number of nitrogens with one attached hydrogen (secondary N) is 1. The summed E-state index contributed by atoms with van der Waals surface area (Å²) in [7, 11) is 0. The number of carbonyl (C=O) groups is 1. The summed E-state index contributed by atoms with van der Waals surface area (Å²) in [5, 5.41) is 2.81. The van der Waals surface area contributed by atoms with Crippen molar-refractivity contribution >= 4 is 30.1 Å². The van der Waals surface area contributed by atoms with Crippen molar-refractivity contribution in [2.45, 2.75) is 25.9 Å². The van der Waals surface area contributed by atoms with Crippen LogP contribution in [0, 0.1) is 6.92 Å². The first kappa shape index (κ1) is 17.2. The van der Waals surface area contributed by atoms with Crippen molar-refractivity contribution in [3.63, 3.8) is 0 Å². The van der Waals surface area contributed by atoms with Gasteiger partial charge in [0.15, 0.2) is 0 Å². The lowest BCUT2D eigenvalue weighted by Gasteiger charge is -2.12. The van der Waals surface area contributed by atoms with Crippen LogP contribution in [0.25, 0.3) is 0 Å². The number of hydrogen-bond donors (Lipinski definition) is 2. The molecule has 1 amide bonds. The highest BCUT2D eigenvalue weighted by atomic mass is 35.5. The molecule has 1 atom stereocenters. The number of rotatable bonds is 6. The van der Waals surface area contributed by atoms with Gasteiger partial charge in [-0.3, -0.25) is 9.78 Å². The molecule has 0 aliphatic heterocycles. The first-order valence-electron chi connectivity index (χ1n) is 5.58. The average molecular weight is 290 g/mol. The fourth-order valence-corrected chi connectivity index (χ4v) is 1.87. The van der Waals surface area contributed by atoms with Crippen LogP contribution in [-0.2, 0) is 11.3 Å². The van der Waals surface area contributed by atoms with Crippen molar-refractivity contribution in [2.24, 2.45) is 5.73 Å². The van der Waals surface area contributed by atoms with Crippen LogP contribution in [0.2, 0.25) is 0 Å². The van der Waals surface area contributed by atoms with Crippen LogP contribution in [0.4, 0.5) is 0 Å². The molecule has 1 aromatic heterocycles. The zero-order valence-corrected chi connectivity index (χ0v) is 12.3. The Bertz CT molecular complexity index is 376. The van der Waals surface area contributed by atoms with E-state index in [-0.39, 0.29) is 18.3 Å². The third kappa shape index (κ3) is 5.71. The maximum atomic E-state index is 11.7. The molecule has 0 aliphatic carbocycles. The number of amides is 1. The lowest BCUT2D eigenvalue weighted by Crippen LogP contribution is -2.40. The SMILES string of the molecule is CSCC[C@H](N)C(=O)NCc1ncccc1C.Cl. The highest BCUT2D eigenvalue weighted by Crippen LogP contribution is 2.03. The summed E-state index contributed by atoms with van der Waals surface area (Å²) in [5.41, 5.74) is 7.72. The molecular formula is C12H20ClN3OS. The van der Waals surface area contributed by atoms with Gasteiger partial charge in [0, 0.05) is 6.20 Å². The molecule has 1 heterocycles. The molecule has 0 fully saturated rings. The second kappa shape index (κ2) is 9.19. The van der Waals surface area contributed by atoms with Crippen molar-refractivity contribution in [1.82, 2.24) is 10.3 Å². The van der Waals surface area contributed by atoms with Crippen molar-refractivity contribution < 1.29 is 4.79 Å². The van der Waals surface area contributed by atoms with Gasteiger partial charge < -0.3 is 11.1 Å². The van der Waals surface area contributed by atoms with E-state index in [9.17, 15) is 4.79 Å². The second-order valence-electron chi connectivity index (χ2n) is 3.87. The van der Waals surface area contributed by atoms with E-state index in [2.05, 4.69) is 10.3 Å². The van der Waals surface area contributed by atoms with Crippen LogP contribution in [-0.4, -0.2) is 28.9 Å². The van der Waals surface area contributed by atoms with E-state index in [4.69, 9.17) is 5.73 Å². The summed E-state index contributed by atoms with van der Waals surface area (Å²) in [4.78, 5) is 15.9. The van der Waals surface area contributed by atoms with Gasteiger partial charge in [-0.2, -0.15) is 11.8 Å². The van der Waals surface area contributed by atoms with E-state index in [1.165, 1.54) is 0 Å². The number of halogens is 1. The summed E-state index contributed by atoms with van der Waals surface area (Å²) < 4.78 is 0. The number of nitrogens with zero attached hydrogens (tertiary/aromatic N) is 1. The molecule has 3 N–H and O–H groups in total. The highest BCUT2D eigenvalue weighted by Gasteiger charge is 2.12. The fraction of sp³-hybridized carbons (Fsp3) is 0.500. The number of aromatic nitrogens is 1. The zero-order valence-electron chi connectivity index (χ0n) is 10.7. The predicted octanol–water partition coefficient (Wildman–Crippen LogP) is 1.51. The molecule has 18 heavy (non-hydrogen) atoms. The smallest absolute Gasteiger partial charge is 0.237 e. The van der Waals surface area contributed by atoms with E-state index in [1.54, 1.807) is 18.0 Å². The normalized spacial score (nSPS) is 11.5. The van der Waals surface area contributed by atoms with Gasteiger partial charge in [0.1, 0.15) is 0 Å². The Balaban J connectivity index is 0.00000289. The number of thioether (sulfide) groups is 1. The Morgan fingerprint density at radius 1 is 1.61 bits per heavy atom. The van der Waals surface area contributed by atoms with Gasteiger partial charge >= 0.3 is 0 Å². The maximum Gasteiger partial charge on any atom is 0.237 e. The van der Waals surface area contributed by atoms with Gasteiger partial charge in [0.05, 0.1) is 18.3 Å². The lowest BCUT2D eigenvalue weighted by atomic mass is 10.2. The summed E-state index contributed by atoms with van der Waals surface area (Å²) >= 11 is 1.69. The summed E-state index contributed by atoms with van der Waals surface area (Å²) in [6, 6.07) is 3.43. The van der Waals surface area contributed by atoms with E-state index in [0.717, 1.165) is 17.0 Å². The third-order valence-electron chi connectivity index (χ3n) is 2.52. The Kier molecular flexibility index (Phi) is 8.79. The fourth-order valence-electron chi connectivity index (χ4n) is 1.38. The van der Waals surface area contributed by atoms with Crippen LogP contribution in [0.3, 0.4) is 0 Å². The molecule has 0 bridgehead atoms. The van der Waals surface area contributed by atoms with E-state index in [0.29, 0.717) is 13.0 Å². The van der Waals surface area contributed by atoms with Crippen LogP contribution < -0.4 is 11.1 Å². The van der Waals surface area contributed by atoms with Gasteiger partial charge in [-0.25, -0.2) is 0 Å². The molecule has 0 spiro atoms. The minimum Gasteiger partial charge on any atom is -0.349 e. The Labute approximate surface area is 119 Å². The largest absolute Gasteiger partial charge is 0.349 e. The molecule has 0 saturated heterocycles. The minimum absolute atomic E-state index is 0. The van der Waals surface area contributed by atoms with Gasteiger partial charge in [-0.05, 0) is 37.0 Å². The average Bonchev–Trinajstić information content (AvgIpc) is 2.34. The number of carbonyl (C=O) groups excluding carboxylic acids is 1. The Morgan fingerprint density at radius 3 is 2.94 bits per heavy atom. The monoisotopic (exact) mass is 289 g/mol. The maximum absolute atomic E-state index is 11.7. The molecule has 1 rings (SSSR count). The summed E-state index contributed by atoms with van der Waals surface area (Å²) in [5.74, 6) is 0.793. The first-order chi connectivity index (χ1) is 8.15. The molecule has 0 radical (unpaired) electrons. The molecular weight excluding hydrogens is 270 g/mol. The standard InChI is InChI=1S/C12H19N3OS.ClH/c1-9-4-3-6-14-11(9)8-15-12(16)10(13)5-7-17-2;/h3-4,6,10H,5,7-8,13H2,1-2H3,(H,15,16);1H/t10-;/m0./s1. The van der Waals surface area contributed by atoms with Crippen molar-refractivity contribution in [3.05, 3.63) is 29.6 Å². The summed E-state index contributed by atoms with van der Waals surface area (Å²) in [6.45, 7) is 2.42. The molecule has 6 heteroatoms. The second-order valence-corrected chi connectivity index (χ2v) is 4.86. The molecule has 0 unspecified atom stereocenters. The van der Waals surface area contributed by atoms with E-state index in [1.807, 2.05) is 25.3 Å². The van der Waals surface area contributed by atoms with Gasteiger partial charge in [-0.1, -0.05) is 6.07 Å². The highest BCUT2D eigenvalue weighted by molar-refractivity contribution is 7.98. The number of aryl methyl sites for hydroxylation is 1. The number of nitrogens with two attached hydrogens (primary N) is 1. The zero-order chi connectivity index (χ0) is 12.7. The van der Waals surface area contributed by atoms with Crippen LogP contribution in [0.5, 0.6) is 0 Å². The lowest BCUT2D eigenvalue weighted by molar-refractivity contribution is -0.122. The molecule has 0 aromatic carbocycles. The number of pyridine rings is 1. The van der Waals surface area contributed by atoms with E-state index < -0.39 is 6.04 Å². The predicted molar refractivity (Wildman–Crippen MR) is 79.0 cm³/mol. The topological polar surface area (TPSA) is 68.0 Å². The van der Waals surface area contributed by atoms with Gasteiger partial charge in [-0.15, -0.1) is 12.4 Å². The third-order valence-corrected chi connectivity index (χ3v) is 3.16. The molecule has 4 nitrogen and oxygen atoms in total. The molecule has 1 aromatic rings. The van der Waals surface area contributed by atoms with Crippen LogP contribution in [0.15, 0.2) is 18.3 Å². The van der Waals surface area contributed by atoms with Gasteiger partial charge in [0.25, 0.3) is 0 Å². The van der Waals surface area contributed by atoms with Crippen LogP contribution >= 0.6 is 24.2 Å². The van der Waals surface area contributed by atoms with Crippen molar-refractivity contribution in [2.75, 3.05) is 12.0 Å². The van der Waals surface area contributed by atoms with Crippen molar-refractivity contribution in [1.29, 1.82) is 0 Å². The van der Waals surface area contributed by atoms with Gasteiger partial charge in [0.2, 0.25) is 5.91 Å². The molecule has 0 saturated carbocycles. The van der Waals surface area contributed by atoms with E-state index >= 15 is 0 Å². The minimum atomic E-state index is -0.425. The van der Waals surface area contributed by atoms with Crippen molar-refractivity contribution in [3.8, 4) is 0 Å². The van der Waals surface area contributed by atoms with Crippen LogP contribution in [0.1, 0.15) is 17.7 Å². The Morgan fingerprint density at radius 2 is 2.33 bits per heavy atom. The first-order valence-corrected chi connectivity index (χ1v) is 6.97. The quantitative estimate of drug-likeness (QED) is 0.833. The summed E-state index contributed by atoms with van der Waals surface area (Å²) in [6.07, 6.45) is 4.43. The molecule has 0 aliphatic rings. The Hall–Kier alpha value is -0.780.